The van der Waals surface area contributed by atoms with Gasteiger partial charge in [-0.3, -0.25) is 14.0 Å². The minimum Gasteiger partial charge on any atom is -0.492 e. The van der Waals surface area contributed by atoms with Gasteiger partial charge < -0.3 is 15.0 Å². The molecule has 0 saturated carbocycles. The number of imidazole rings is 1. The van der Waals surface area contributed by atoms with Crippen LogP contribution in [0, 0.1) is 0 Å². The number of aromatic nitrogens is 2. The maximum Gasteiger partial charge on any atom is 0.290 e. The van der Waals surface area contributed by atoms with Crippen molar-refractivity contribution in [1.82, 2.24) is 14.3 Å². The van der Waals surface area contributed by atoms with Gasteiger partial charge in [0, 0.05) is 19.3 Å². The first kappa shape index (κ1) is 19.0. The predicted octanol–water partition coefficient (Wildman–Crippen LogP) is 3.61. The first-order valence-electron chi connectivity index (χ1n) is 9.98. The maximum absolute atomic E-state index is 13.0. The molecule has 0 aliphatic carbocycles. The van der Waals surface area contributed by atoms with E-state index in [1.807, 2.05) is 36.1 Å². The van der Waals surface area contributed by atoms with E-state index in [1.54, 1.807) is 28.8 Å². The minimum atomic E-state index is -0.376. The fraction of sp³-hybridized carbons (Fsp3) is 0.318. The Morgan fingerprint density at radius 1 is 1.07 bits per heavy atom. The molecule has 2 aromatic heterocycles. The number of hydrogen-bond donors (Lipinski definition) is 1. The predicted molar refractivity (Wildman–Crippen MR) is 111 cm³/mol. The summed E-state index contributed by atoms with van der Waals surface area (Å²) in [5.41, 5.74) is 1.39. The number of likely N-dealkylation sites (tertiary alicyclic amines) is 1. The van der Waals surface area contributed by atoms with Crippen LogP contribution in [0.2, 0.25) is 0 Å². The Morgan fingerprint density at radius 2 is 1.83 bits per heavy atom. The zero-order valence-corrected chi connectivity index (χ0v) is 16.4. The molecule has 150 valence electrons. The number of carbonyl (C=O) groups excluding carboxylic acids is 2. The van der Waals surface area contributed by atoms with Gasteiger partial charge in [0.05, 0.1) is 17.8 Å². The second-order valence-corrected chi connectivity index (χ2v) is 6.98. The summed E-state index contributed by atoms with van der Waals surface area (Å²) in [6, 6.07) is 12.7. The Labute approximate surface area is 169 Å². The Morgan fingerprint density at radius 3 is 2.62 bits per heavy atom. The van der Waals surface area contributed by atoms with Gasteiger partial charge in [-0.05, 0) is 50.5 Å². The molecule has 4 rings (SSSR count). The van der Waals surface area contributed by atoms with Gasteiger partial charge >= 0.3 is 0 Å². The van der Waals surface area contributed by atoms with Crippen LogP contribution in [-0.2, 0) is 0 Å². The number of para-hydroxylation sites is 2. The third kappa shape index (κ3) is 3.81. The lowest BCUT2D eigenvalue weighted by Gasteiger charge is -2.25. The zero-order chi connectivity index (χ0) is 20.2. The van der Waals surface area contributed by atoms with Gasteiger partial charge in [-0.1, -0.05) is 18.2 Å². The van der Waals surface area contributed by atoms with E-state index in [0.717, 1.165) is 32.4 Å². The summed E-state index contributed by atoms with van der Waals surface area (Å²) in [7, 11) is 0. The van der Waals surface area contributed by atoms with E-state index in [0.29, 0.717) is 23.6 Å². The highest BCUT2D eigenvalue weighted by Gasteiger charge is 2.26. The molecule has 0 spiro atoms. The van der Waals surface area contributed by atoms with Crippen molar-refractivity contribution in [1.29, 1.82) is 0 Å². The normalized spacial score (nSPS) is 14.0. The van der Waals surface area contributed by atoms with Gasteiger partial charge in [0.15, 0.2) is 5.69 Å². The fourth-order valence-electron chi connectivity index (χ4n) is 3.63. The molecule has 3 heterocycles. The molecule has 1 aromatic carbocycles. The number of fused-ring (bicyclic) bond motifs is 1. The van der Waals surface area contributed by atoms with Crippen LogP contribution < -0.4 is 10.1 Å². The third-order valence-electron chi connectivity index (χ3n) is 5.03. The van der Waals surface area contributed by atoms with E-state index in [4.69, 9.17) is 4.74 Å². The first-order valence-corrected chi connectivity index (χ1v) is 9.98. The molecule has 3 aromatic rings. The monoisotopic (exact) mass is 392 g/mol. The van der Waals surface area contributed by atoms with Gasteiger partial charge in [-0.25, -0.2) is 4.98 Å². The lowest BCUT2D eigenvalue weighted by molar-refractivity contribution is 0.0711. The molecule has 1 aliphatic rings. The van der Waals surface area contributed by atoms with Crippen molar-refractivity contribution in [2.24, 2.45) is 0 Å². The van der Waals surface area contributed by atoms with E-state index in [9.17, 15) is 9.59 Å². The number of carbonyl (C=O) groups is 2. The van der Waals surface area contributed by atoms with Crippen LogP contribution in [0.25, 0.3) is 5.52 Å². The Kier molecular flexibility index (Phi) is 5.46. The number of benzene rings is 1. The number of nitrogens with one attached hydrogen (secondary N) is 1. The van der Waals surface area contributed by atoms with Gasteiger partial charge in [-0.15, -0.1) is 0 Å². The Balaban J connectivity index is 1.67. The van der Waals surface area contributed by atoms with Crippen molar-refractivity contribution in [2.45, 2.75) is 26.2 Å². The standard InChI is InChI=1S/C22H24N4O3/c1-2-29-18-12-5-4-10-16(18)23-21(27)19-17-11-6-9-15-26(17)20(24-19)22(28)25-13-7-3-8-14-25/h4-6,9-12,15H,2-3,7-8,13-14H2,1H3,(H,23,27). The lowest BCUT2D eigenvalue weighted by Crippen LogP contribution is -2.36. The molecule has 0 atom stereocenters. The van der Waals surface area contributed by atoms with Crippen LogP contribution in [0.4, 0.5) is 5.69 Å². The highest BCUT2D eigenvalue weighted by atomic mass is 16.5. The molecule has 1 fully saturated rings. The SMILES string of the molecule is CCOc1ccccc1NC(=O)c1nc(C(=O)N2CCCCC2)n2ccccc12. The summed E-state index contributed by atoms with van der Waals surface area (Å²) in [5.74, 6) is 0.348. The van der Waals surface area contributed by atoms with Crippen LogP contribution in [-0.4, -0.2) is 45.8 Å². The van der Waals surface area contributed by atoms with Crippen LogP contribution >= 0.6 is 0 Å². The van der Waals surface area contributed by atoms with Crippen molar-refractivity contribution in [2.75, 3.05) is 25.0 Å². The largest absolute Gasteiger partial charge is 0.492 e. The average Bonchev–Trinajstić information content (AvgIpc) is 3.15. The molecule has 2 amide bonds. The molecule has 7 heteroatoms. The summed E-state index contributed by atoms with van der Waals surface area (Å²) in [6.07, 6.45) is 4.90. The molecule has 0 unspecified atom stereocenters. The third-order valence-corrected chi connectivity index (χ3v) is 5.03. The minimum absolute atomic E-state index is 0.139. The van der Waals surface area contributed by atoms with Crippen molar-refractivity contribution in [3.63, 3.8) is 0 Å². The summed E-state index contributed by atoms with van der Waals surface area (Å²) in [5, 5.41) is 2.87. The summed E-state index contributed by atoms with van der Waals surface area (Å²) in [4.78, 5) is 32.3. The van der Waals surface area contributed by atoms with Gasteiger partial charge in [-0.2, -0.15) is 0 Å². The number of pyridine rings is 1. The Hall–Kier alpha value is -3.35. The van der Waals surface area contributed by atoms with E-state index in [1.165, 1.54) is 0 Å². The molecular formula is C22H24N4O3. The number of piperidine rings is 1. The first-order chi connectivity index (χ1) is 14.2. The highest BCUT2D eigenvalue weighted by Crippen LogP contribution is 2.25. The van der Waals surface area contributed by atoms with Crippen molar-refractivity contribution in [3.8, 4) is 5.75 Å². The molecular weight excluding hydrogens is 368 g/mol. The van der Waals surface area contributed by atoms with Crippen molar-refractivity contribution < 1.29 is 14.3 Å². The number of anilines is 1. The fourth-order valence-corrected chi connectivity index (χ4v) is 3.63. The van der Waals surface area contributed by atoms with Crippen LogP contribution in [0.15, 0.2) is 48.7 Å². The number of amides is 2. The summed E-state index contributed by atoms with van der Waals surface area (Å²) < 4.78 is 7.28. The molecule has 0 bridgehead atoms. The maximum atomic E-state index is 13.0. The Bertz CT molecular complexity index is 1040. The molecule has 0 radical (unpaired) electrons. The molecule has 1 N–H and O–H groups in total. The lowest BCUT2D eigenvalue weighted by atomic mass is 10.1. The van der Waals surface area contributed by atoms with E-state index in [-0.39, 0.29) is 23.3 Å². The summed E-state index contributed by atoms with van der Waals surface area (Å²) in [6.45, 7) is 3.84. The average molecular weight is 392 g/mol. The van der Waals surface area contributed by atoms with Crippen LogP contribution in [0.3, 0.4) is 0 Å². The molecule has 29 heavy (non-hydrogen) atoms. The van der Waals surface area contributed by atoms with Gasteiger partial charge in [0.2, 0.25) is 5.82 Å². The molecule has 1 aliphatic heterocycles. The second kappa shape index (κ2) is 8.34. The van der Waals surface area contributed by atoms with Crippen molar-refractivity contribution in [3.05, 3.63) is 60.2 Å². The van der Waals surface area contributed by atoms with Gasteiger partial charge in [0.25, 0.3) is 11.8 Å². The summed E-state index contributed by atoms with van der Waals surface area (Å²) >= 11 is 0. The van der Waals surface area contributed by atoms with E-state index < -0.39 is 0 Å². The number of rotatable bonds is 5. The topological polar surface area (TPSA) is 75.9 Å². The van der Waals surface area contributed by atoms with Crippen molar-refractivity contribution >= 4 is 23.0 Å². The van der Waals surface area contributed by atoms with Crippen LogP contribution in [0.1, 0.15) is 47.3 Å². The van der Waals surface area contributed by atoms with E-state index >= 15 is 0 Å². The zero-order valence-electron chi connectivity index (χ0n) is 16.4. The van der Waals surface area contributed by atoms with E-state index in [2.05, 4.69) is 10.3 Å². The highest BCUT2D eigenvalue weighted by molar-refractivity contribution is 6.09. The number of nitrogens with zero attached hydrogens (tertiary/aromatic N) is 3. The number of ether oxygens (including phenoxy) is 1. The second-order valence-electron chi connectivity index (χ2n) is 6.98. The van der Waals surface area contributed by atoms with Crippen LogP contribution in [0.5, 0.6) is 5.75 Å². The smallest absolute Gasteiger partial charge is 0.290 e. The molecule has 1 saturated heterocycles. The molecule has 7 nitrogen and oxygen atoms in total. The number of hydrogen-bond acceptors (Lipinski definition) is 4. The quantitative estimate of drug-likeness (QED) is 0.720. The van der Waals surface area contributed by atoms with Gasteiger partial charge in [0.1, 0.15) is 5.75 Å².